The second kappa shape index (κ2) is 6.33. The summed E-state index contributed by atoms with van der Waals surface area (Å²) in [6, 6.07) is 4.81. The summed E-state index contributed by atoms with van der Waals surface area (Å²) in [7, 11) is 1.67. The Bertz CT molecular complexity index is 346. The number of ether oxygens (including phenoxy) is 1. The summed E-state index contributed by atoms with van der Waals surface area (Å²) in [4.78, 5) is 0. The molecule has 0 aliphatic rings. The van der Waals surface area contributed by atoms with Crippen molar-refractivity contribution in [3.05, 3.63) is 34.1 Å². The van der Waals surface area contributed by atoms with Gasteiger partial charge in [0.2, 0.25) is 0 Å². The Labute approximate surface area is 104 Å². The van der Waals surface area contributed by atoms with Crippen LogP contribution in [-0.2, 0) is 4.74 Å². The fourth-order valence-electron chi connectivity index (χ4n) is 1.53. The number of methoxy groups -OCH3 is 1. The van der Waals surface area contributed by atoms with Crippen LogP contribution in [0.2, 0.25) is 0 Å². The fourth-order valence-corrected chi connectivity index (χ4v) is 1.93. The van der Waals surface area contributed by atoms with Crippen molar-refractivity contribution in [1.29, 1.82) is 0 Å². The highest BCUT2D eigenvalue weighted by molar-refractivity contribution is 9.10. The summed E-state index contributed by atoms with van der Waals surface area (Å²) in [5.41, 5.74) is 7.04. The molecule has 0 saturated carbocycles. The van der Waals surface area contributed by atoms with E-state index in [-0.39, 0.29) is 11.9 Å². The highest BCUT2D eigenvalue weighted by Gasteiger charge is 2.15. The second-order valence-electron chi connectivity index (χ2n) is 3.96. The number of halogens is 2. The maximum Gasteiger partial charge on any atom is 0.137 e. The minimum absolute atomic E-state index is 0.0907. The van der Waals surface area contributed by atoms with E-state index >= 15 is 0 Å². The smallest absolute Gasteiger partial charge is 0.137 e. The summed E-state index contributed by atoms with van der Waals surface area (Å²) in [6.07, 6.45) is 0.895. The maximum atomic E-state index is 13.1. The SMILES string of the molecule is COCCC(C)C(N)c1ccc(F)c(Br)c1. The Hall–Kier alpha value is -0.450. The van der Waals surface area contributed by atoms with Gasteiger partial charge >= 0.3 is 0 Å². The molecule has 90 valence electrons. The van der Waals surface area contributed by atoms with E-state index in [0.717, 1.165) is 12.0 Å². The van der Waals surface area contributed by atoms with E-state index in [1.165, 1.54) is 6.07 Å². The number of hydrogen-bond acceptors (Lipinski definition) is 2. The molecule has 2 unspecified atom stereocenters. The van der Waals surface area contributed by atoms with E-state index in [1.807, 2.05) is 0 Å². The zero-order chi connectivity index (χ0) is 12.1. The van der Waals surface area contributed by atoms with E-state index in [1.54, 1.807) is 19.2 Å². The summed E-state index contributed by atoms with van der Waals surface area (Å²) in [6.45, 7) is 2.76. The number of nitrogens with two attached hydrogens (primary N) is 1. The molecule has 1 aromatic carbocycles. The van der Waals surface area contributed by atoms with E-state index < -0.39 is 0 Å². The molecule has 0 aromatic heterocycles. The van der Waals surface area contributed by atoms with Crippen LogP contribution >= 0.6 is 15.9 Å². The molecule has 0 aliphatic carbocycles. The molecular weight excluding hydrogens is 273 g/mol. The lowest BCUT2D eigenvalue weighted by Gasteiger charge is -2.20. The van der Waals surface area contributed by atoms with Gasteiger partial charge in [-0.15, -0.1) is 0 Å². The quantitative estimate of drug-likeness (QED) is 0.903. The molecule has 1 aromatic rings. The van der Waals surface area contributed by atoms with E-state index in [9.17, 15) is 4.39 Å². The van der Waals surface area contributed by atoms with Gasteiger partial charge in [0.1, 0.15) is 5.82 Å². The molecule has 0 fully saturated rings. The van der Waals surface area contributed by atoms with Gasteiger partial charge in [-0.1, -0.05) is 13.0 Å². The van der Waals surface area contributed by atoms with E-state index in [0.29, 0.717) is 17.0 Å². The Kier molecular flexibility index (Phi) is 5.38. The lowest BCUT2D eigenvalue weighted by Crippen LogP contribution is -2.20. The first-order chi connectivity index (χ1) is 7.56. The molecule has 2 atom stereocenters. The minimum atomic E-state index is -0.263. The van der Waals surface area contributed by atoms with Crippen LogP contribution in [0.25, 0.3) is 0 Å². The van der Waals surface area contributed by atoms with Crippen LogP contribution in [-0.4, -0.2) is 13.7 Å². The van der Waals surface area contributed by atoms with Crippen molar-refractivity contribution >= 4 is 15.9 Å². The van der Waals surface area contributed by atoms with Crippen LogP contribution in [0, 0.1) is 11.7 Å². The summed E-state index contributed by atoms with van der Waals surface area (Å²) in [5.74, 6) is 0.0396. The first-order valence-electron chi connectivity index (χ1n) is 5.25. The van der Waals surface area contributed by atoms with Crippen molar-refractivity contribution < 1.29 is 9.13 Å². The fraction of sp³-hybridized carbons (Fsp3) is 0.500. The number of benzene rings is 1. The molecule has 0 amide bonds. The Balaban J connectivity index is 2.71. The van der Waals surface area contributed by atoms with Crippen molar-refractivity contribution in [2.75, 3.05) is 13.7 Å². The molecule has 0 spiro atoms. The standard InChI is InChI=1S/C12H17BrFNO/c1-8(5-6-16-2)12(15)9-3-4-11(14)10(13)7-9/h3-4,7-8,12H,5-6,15H2,1-2H3. The van der Waals surface area contributed by atoms with Crippen LogP contribution in [0.5, 0.6) is 0 Å². The molecule has 16 heavy (non-hydrogen) atoms. The molecule has 1 rings (SSSR count). The average Bonchev–Trinajstić information content (AvgIpc) is 2.28. The van der Waals surface area contributed by atoms with Crippen LogP contribution in [0.4, 0.5) is 4.39 Å². The first kappa shape index (κ1) is 13.6. The minimum Gasteiger partial charge on any atom is -0.385 e. The van der Waals surface area contributed by atoms with Gasteiger partial charge in [0, 0.05) is 19.8 Å². The van der Waals surface area contributed by atoms with E-state index in [2.05, 4.69) is 22.9 Å². The van der Waals surface area contributed by atoms with Crippen LogP contribution in [0.1, 0.15) is 24.9 Å². The van der Waals surface area contributed by atoms with Crippen molar-refractivity contribution in [2.45, 2.75) is 19.4 Å². The van der Waals surface area contributed by atoms with Crippen molar-refractivity contribution in [1.82, 2.24) is 0 Å². The summed E-state index contributed by atoms with van der Waals surface area (Å²) >= 11 is 3.16. The van der Waals surface area contributed by atoms with Gasteiger partial charge in [-0.3, -0.25) is 0 Å². The van der Waals surface area contributed by atoms with Crippen LogP contribution in [0.15, 0.2) is 22.7 Å². The summed E-state index contributed by atoms with van der Waals surface area (Å²) < 4.78 is 18.5. The van der Waals surface area contributed by atoms with Crippen molar-refractivity contribution in [3.63, 3.8) is 0 Å². The van der Waals surface area contributed by atoms with Gasteiger partial charge < -0.3 is 10.5 Å². The zero-order valence-electron chi connectivity index (χ0n) is 9.54. The molecule has 2 N–H and O–H groups in total. The van der Waals surface area contributed by atoms with Gasteiger partial charge in [0.05, 0.1) is 4.47 Å². The average molecular weight is 290 g/mol. The molecule has 0 radical (unpaired) electrons. The summed E-state index contributed by atoms with van der Waals surface area (Å²) in [5, 5.41) is 0. The monoisotopic (exact) mass is 289 g/mol. The number of rotatable bonds is 5. The normalized spacial score (nSPS) is 14.8. The lowest BCUT2D eigenvalue weighted by molar-refractivity contribution is 0.174. The third kappa shape index (κ3) is 3.54. The Morgan fingerprint density at radius 3 is 2.75 bits per heavy atom. The predicted molar refractivity (Wildman–Crippen MR) is 66.7 cm³/mol. The van der Waals surface area contributed by atoms with Crippen LogP contribution in [0.3, 0.4) is 0 Å². The largest absolute Gasteiger partial charge is 0.385 e. The third-order valence-electron chi connectivity index (χ3n) is 2.72. The van der Waals surface area contributed by atoms with Gasteiger partial charge in [-0.05, 0) is 46.0 Å². The molecule has 4 heteroatoms. The van der Waals surface area contributed by atoms with Gasteiger partial charge in [-0.2, -0.15) is 0 Å². The zero-order valence-corrected chi connectivity index (χ0v) is 11.1. The van der Waals surface area contributed by atoms with Gasteiger partial charge in [0.15, 0.2) is 0 Å². The topological polar surface area (TPSA) is 35.2 Å². The number of hydrogen-bond donors (Lipinski definition) is 1. The molecule has 0 saturated heterocycles. The Morgan fingerprint density at radius 2 is 2.19 bits per heavy atom. The Morgan fingerprint density at radius 1 is 1.50 bits per heavy atom. The van der Waals surface area contributed by atoms with Crippen LogP contribution < -0.4 is 5.73 Å². The molecular formula is C12H17BrFNO. The van der Waals surface area contributed by atoms with Crippen molar-refractivity contribution in [2.24, 2.45) is 11.7 Å². The third-order valence-corrected chi connectivity index (χ3v) is 3.33. The van der Waals surface area contributed by atoms with Crippen molar-refractivity contribution in [3.8, 4) is 0 Å². The predicted octanol–water partition coefficient (Wildman–Crippen LogP) is 3.26. The highest BCUT2D eigenvalue weighted by atomic mass is 79.9. The molecule has 0 bridgehead atoms. The lowest BCUT2D eigenvalue weighted by atomic mass is 9.93. The van der Waals surface area contributed by atoms with E-state index in [4.69, 9.17) is 10.5 Å². The molecule has 2 nitrogen and oxygen atoms in total. The second-order valence-corrected chi connectivity index (χ2v) is 4.81. The first-order valence-corrected chi connectivity index (χ1v) is 6.05. The highest BCUT2D eigenvalue weighted by Crippen LogP contribution is 2.25. The van der Waals surface area contributed by atoms with Gasteiger partial charge in [0.25, 0.3) is 0 Å². The maximum absolute atomic E-state index is 13.1. The molecule has 0 aliphatic heterocycles. The molecule has 0 heterocycles. The van der Waals surface area contributed by atoms with Gasteiger partial charge in [-0.25, -0.2) is 4.39 Å².